The SMILES string of the molecule is C[C@@H](CNC(=O)c1ccc(S(C)(=O)=O)cc1)c1ccccc1. The number of carbonyl (C=O) groups excluding carboxylic acids is 1. The van der Waals surface area contributed by atoms with E-state index in [-0.39, 0.29) is 16.7 Å². The number of hydrogen-bond acceptors (Lipinski definition) is 3. The Labute approximate surface area is 131 Å². The van der Waals surface area contributed by atoms with E-state index in [1.54, 1.807) is 0 Å². The Morgan fingerprint density at radius 3 is 2.18 bits per heavy atom. The summed E-state index contributed by atoms with van der Waals surface area (Å²) in [7, 11) is -3.24. The van der Waals surface area contributed by atoms with Gasteiger partial charge in [0, 0.05) is 18.4 Å². The van der Waals surface area contributed by atoms with Crippen LogP contribution in [0.3, 0.4) is 0 Å². The lowest BCUT2D eigenvalue weighted by atomic mass is 10.0. The Balaban J connectivity index is 1.98. The Morgan fingerprint density at radius 1 is 1.05 bits per heavy atom. The summed E-state index contributed by atoms with van der Waals surface area (Å²) < 4.78 is 22.8. The van der Waals surface area contributed by atoms with Crippen molar-refractivity contribution in [1.29, 1.82) is 0 Å². The highest BCUT2D eigenvalue weighted by molar-refractivity contribution is 7.90. The molecule has 2 aromatic carbocycles. The second-order valence-electron chi connectivity index (χ2n) is 5.32. The van der Waals surface area contributed by atoms with Gasteiger partial charge in [-0.1, -0.05) is 37.3 Å². The van der Waals surface area contributed by atoms with Crippen LogP contribution in [0.5, 0.6) is 0 Å². The lowest BCUT2D eigenvalue weighted by Gasteiger charge is -2.13. The molecule has 0 unspecified atom stereocenters. The zero-order chi connectivity index (χ0) is 16.2. The van der Waals surface area contributed by atoms with Gasteiger partial charge in [-0.2, -0.15) is 0 Å². The van der Waals surface area contributed by atoms with Crippen molar-refractivity contribution >= 4 is 15.7 Å². The molecule has 0 aromatic heterocycles. The summed E-state index contributed by atoms with van der Waals surface area (Å²) in [4.78, 5) is 12.3. The molecule has 0 aliphatic heterocycles. The van der Waals surface area contributed by atoms with E-state index in [2.05, 4.69) is 5.32 Å². The van der Waals surface area contributed by atoms with E-state index in [1.807, 2.05) is 37.3 Å². The van der Waals surface area contributed by atoms with Crippen LogP contribution in [0.4, 0.5) is 0 Å². The van der Waals surface area contributed by atoms with Crippen LogP contribution in [0.2, 0.25) is 0 Å². The minimum Gasteiger partial charge on any atom is -0.351 e. The van der Waals surface area contributed by atoms with Crippen molar-refractivity contribution in [3.05, 3.63) is 65.7 Å². The number of nitrogens with one attached hydrogen (secondary N) is 1. The van der Waals surface area contributed by atoms with Crippen LogP contribution < -0.4 is 5.32 Å². The molecule has 1 atom stereocenters. The monoisotopic (exact) mass is 317 g/mol. The van der Waals surface area contributed by atoms with Crippen molar-refractivity contribution in [3.8, 4) is 0 Å². The molecule has 1 amide bonds. The maximum Gasteiger partial charge on any atom is 0.251 e. The van der Waals surface area contributed by atoms with Crippen LogP contribution in [0.15, 0.2) is 59.5 Å². The summed E-state index contributed by atoms with van der Waals surface area (Å²) in [5.41, 5.74) is 1.61. The van der Waals surface area contributed by atoms with Gasteiger partial charge in [0.05, 0.1) is 4.90 Å². The first-order valence-corrected chi connectivity index (χ1v) is 8.90. The zero-order valence-electron chi connectivity index (χ0n) is 12.6. The summed E-state index contributed by atoms with van der Waals surface area (Å²) in [5, 5.41) is 2.87. The highest BCUT2D eigenvalue weighted by Gasteiger charge is 2.11. The van der Waals surface area contributed by atoms with Crippen molar-refractivity contribution in [3.63, 3.8) is 0 Å². The molecule has 0 saturated heterocycles. The molecule has 4 nitrogen and oxygen atoms in total. The lowest BCUT2D eigenvalue weighted by Crippen LogP contribution is -2.27. The second-order valence-corrected chi connectivity index (χ2v) is 7.33. The first kappa shape index (κ1) is 16.2. The Bertz CT molecular complexity index is 737. The Morgan fingerprint density at radius 2 is 1.64 bits per heavy atom. The average Bonchev–Trinajstić information content (AvgIpc) is 2.52. The molecule has 5 heteroatoms. The quantitative estimate of drug-likeness (QED) is 0.922. The van der Waals surface area contributed by atoms with Gasteiger partial charge in [0.1, 0.15) is 0 Å². The number of carbonyl (C=O) groups is 1. The highest BCUT2D eigenvalue weighted by atomic mass is 32.2. The minimum atomic E-state index is -3.24. The standard InChI is InChI=1S/C17H19NO3S/c1-13(14-6-4-3-5-7-14)12-18-17(19)15-8-10-16(11-9-15)22(2,20)21/h3-11,13H,12H2,1-2H3,(H,18,19)/t13-/m0/s1. The number of sulfone groups is 1. The fourth-order valence-electron chi connectivity index (χ4n) is 2.10. The van der Waals surface area contributed by atoms with Gasteiger partial charge < -0.3 is 5.32 Å². The van der Waals surface area contributed by atoms with E-state index in [0.29, 0.717) is 12.1 Å². The van der Waals surface area contributed by atoms with Crippen LogP contribution >= 0.6 is 0 Å². The zero-order valence-corrected chi connectivity index (χ0v) is 13.4. The van der Waals surface area contributed by atoms with Gasteiger partial charge in [-0.05, 0) is 35.7 Å². The third kappa shape index (κ3) is 4.18. The van der Waals surface area contributed by atoms with Gasteiger partial charge in [-0.15, -0.1) is 0 Å². The third-order valence-electron chi connectivity index (χ3n) is 3.48. The van der Waals surface area contributed by atoms with Crippen LogP contribution in [-0.4, -0.2) is 27.1 Å². The fraction of sp³-hybridized carbons (Fsp3) is 0.235. The molecular weight excluding hydrogens is 298 g/mol. The largest absolute Gasteiger partial charge is 0.351 e. The van der Waals surface area contributed by atoms with Crippen molar-refractivity contribution in [2.75, 3.05) is 12.8 Å². The predicted octanol–water partition coefficient (Wildman–Crippen LogP) is 2.62. The van der Waals surface area contributed by atoms with Crippen molar-refractivity contribution < 1.29 is 13.2 Å². The molecule has 0 saturated carbocycles. The normalized spacial score (nSPS) is 12.6. The van der Waals surface area contributed by atoms with Gasteiger partial charge in [0.2, 0.25) is 0 Å². The van der Waals surface area contributed by atoms with Crippen LogP contribution in [0.25, 0.3) is 0 Å². The molecule has 1 N–H and O–H groups in total. The van der Waals surface area contributed by atoms with Crippen molar-refractivity contribution in [2.45, 2.75) is 17.7 Å². The van der Waals surface area contributed by atoms with E-state index in [9.17, 15) is 13.2 Å². The molecule has 0 heterocycles. The molecule has 2 rings (SSSR count). The fourth-order valence-corrected chi connectivity index (χ4v) is 2.73. The Kier molecular flexibility index (Phi) is 4.98. The molecule has 0 bridgehead atoms. The molecule has 22 heavy (non-hydrogen) atoms. The van der Waals surface area contributed by atoms with Gasteiger partial charge in [-0.25, -0.2) is 8.42 Å². The van der Waals surface area contributed by atoms with Crippen molar-refractivity contribution in [2.24, 2.45) is 0 Å². The molecule has 0 aliphatic rings. The van der Waals surface area contributed by atoms with Crippen LogP contribution in [0, 0.1) is 0 Å². The molecule has 0 radical (unpaired) electrons. The topological polar surface area (TPSA) is 63.2 Å². The summed E-state index contributed by atoms with van der Waals surface area (Å²) in [6.45, 7) is 2.57. The second kappa shape index (κ2) is 6.75. The molecule has 2 aromatic rings. The molecule has 0 spiro atoms. The highest BCUT2D eigenvalue weighted by Crippen LogP contribution is 2.14. The van der Waals surface area contributed by atoms with Crippen LogP contribution in [0.1, 0.15) is 28.8 Å². The number of hydrogen-bond donors (Lipinski definition) is 1. The van der Waals surface area contributed by atoms with E-state index in [1.165, 1.54) is 24.3 Å². The summed E-state index contributed by atoms with van der Waals surface area (Å²) in [6.07, 6.45) is 1.14. The maximum absolute atomic E-state index is 12.1. The van der Waals surface area contributed by atoms with Crippen molar-refractivity contribution in [1.82, 2.24) is 5.32 Å². The van der Waals surface area contributed by atoms with Gasteiger partial charge in [0.15, 0.2) is 9.84 Å². The summed E-state index contributed by atoms with van der Waals surface area (Å²) in [5.74, 6) is 0.00303. The number of benzene rings is 2. The lowest BCUT2D eigenvalue weighted by molar-refractivity contribution is 0.0951. The first-order chi connectivity index (χ1) is 10.4. The predicted molar refractivity (Wildman–Crippen MR) is 86.7 cm³/mol. The number of rotatable bonds is 5. The summed E-state index contributed by atoms with van der Waals surface area (Å²) >= 11 is 0. The first-order valence-electron chi connectivity index (χ1n) is 7.01. The van der Waals surface area contributed by atoms with Gasteiger partial charge >= 0.3 is 0 Å². The maximum atomic E-state index is 12.1. The van der Waals surface area contributed by atoms with E-state index < -0.39 is 9.84 Å². The Hall–Kier alpha value is -2.14. The van der Waals surface area contributed by atoms with E-state index in [0.717, 1.165) is 11.8 Å². The molecule has 0 fully saturated rings. The molecular formula is C17H19NO3S. The van der Waals surface area contributed by atoms with E-state index in [4.69, 9.17) is 0 Å². The third-order valence-corrected chi connectivity index (χ3v) is 4.61. The number of amides is 1. The van der Waals surface area contributed by atoms with Crippen LogP contribution in [-0.2, 0) is 9.84 Å². The van der Waals surface area contributed by atoms with Gasteiger partial charge in [-0.3, -0.25) is 4.79 Å². The summed E-state index contributed by atoms with van der Waals surface area (Å²) in [6, 6.07) is 15.9. The molecule has 116 valence electrons. The molecule has 0 aliphatic carbocycles. The minimum absolute atomic E-state index is 0.206. The average molecular weight is 317 g/mol. The smallest absolute Gasteiger partial charge is 0.251 e. The van der Waals surface area contributed by atoms with E-state index >= 15 is 0 Å². The van der Waals surface area contributed by atoms with Gasteiger partial charge in [0.25, 0.3) is 5.91 Å².